The number of carbonyl (C=O) groups excluding carboxylic acids is 1. The van der Waals surface area contributed by atoms with Crippen molar-refractivity contribution in [1.82, 2.24) is 5.32 Å². The fourth-order valence-corrected chi connectivity index (χ4v) is 1.69. The van der Waals surface area contributed by atoms with Crippen LogP contribution in [0.4, 0.5) is 4.39 Å². The van der Waals surface area contributed by atoms with E-state index in [4.69, 9.17) is 5.73 Å². The lowest BCUT2D eigenvalue weighted by Gasteiger charge is -2.14. The van der Waals surface area contributed by atoms with Crippen molar-refractivity contribution in [2.75, 3.05) is 6.54 Å². The highest BCUT2D eigenvalue weighted by Gasteiger charge is 2.07. The van der Waals surface area contributed by atoms with Crippen LogP contribution >= 0.6 is 0 Å². The van der Waals surface area contributed by atoms with Gasteiger partial charge >= 0.3 is 0 Å². The van der Waals surface area contributed by atoms with E-state index in [2.05, 4.69) is 12.2 Å². The minimum Gasteiger partial charge on any atom is -0.349 e. The minimum atomic E-state index is -0.288. The molecule has 1 unspecified atom stereocenters. The SMILES string of the molecule is CCCCC(CN)NC(=O)/C=C/c1ccc(F)cc1. The topological polar surface area (TPSA) is 55.1 Å². The van der Waals surface area contributed by atoms with Crippen LogP contribution in [-0.4, -0.2) is 18.5 Å². The molecule has 3 N–H and O–H groups in total. The van der Waals surface area contributed by atoms with Crippen LogP contribution in [0.2, 0.25) is 0 Å². The van der Waals surface area contributed by atoms with Crippen molar-refractivity contribution in [3.8, 4) is 0 Å². The summed E-state index contributed by atoms with van der Waals surface area (Å²) in [5.41, 5.74) is 6.39. The van der Waals surface area contributed by atoms with Crippen LogP contribution in [0.5, 0.6) is 0 Å². The van der Waals surface area contributed by atoms with Crippen LogP contribution in [0.3, 0.4) is 0 Å². The Bertz CT molecular complexity index is 415. The summed E-state index contributed by atoms with van der Waals surface area (Å²) in [6.07, 6.45) is 6.12. The summed E-state index contributed by atoms with van der Waals surface area (Å²) in [5.74, 6) is -0.458. The van der Waals surface area contributed by atoms with Gasteiger partial charge in [0.15, 0.2) is 0 Å². The zero-order valence-electron chi connectivity index (χ0n) is 11.2. The number of nitrogens with one attached hydrogen (secondary N) is 1. The molecule has 0 heterocycles. The summed E-state index contributed by atoms with van der Waals surface area (Å²) in [6.45, 7) is 2.54. The Balaban J connectivity index is 2.47. The molecule has 0 fully saturated rings. The van der Waals surface area contributed by atoms with Gasteiger partial charge in [0.1, 0.15) is 5.82 Å². The van der Waals surface area contributed by atoms with Crippen LogP contribution < -0.4 is 11.1 Å². The Kier molecular flexibility index (Phi) is 6.82. The first kappa shape index (κ1) is 15.4. The third kappa shape index (κ3) is 6.15. The number of amides is 1. The van der Waals surface area contributed by atoms with Crippen molar-refractivity contribution in [2.24, 2.45) is 5.73 Å². The number of halogens is 1. The molecule has 0 aliphatic carbocycles. The second kappa shape index (κ2) is 8.43. The lowest BCUT2D eigenvalue weighted by Crippen LogP contribution is -2.39. The fourth-order valence-electron chi connectivity index (χ4n) is 1.69. The van der Waals surface area contributed by atoms with Crippen LogP contribution in [0, 0.1) is 5.82 Å². The molecular formula is C15H21FN2O. The first-order valence-corrected chi connectivity index (χ1v) is 6.60. The van der Waals surface area contributed by atoms with Crippen molar-refractivity contribution in [2.45, 2.75) is 32.2 Å². The van der Waals surface area contributed by atoms with E-state index in [0.717, 1.165) is 24.8 Å². The number of nitrogens with two attached hydrogens (primary N) is 1. The average molecular weight is 264 g/mol. The van der Waals surface area contributed by atoms with Crippen molar-refractivity contribution < 1.29 is 9.18 Å². The molecule has 0 bridgehead atoms. The third-order valence-corrected chi connectivity index (χ3v) is 2.83. The van der Waals surface area contributed by atoms with Gasteiger partial charge in [0, 0.05) is 18.7 Å². The second-order valence-corrected chi connectivity index (χ2v) is 4.47. The van der Waals surface area contributed by atoms with Crippen LogP contribution in [-0.2, 0) is 4.79 Å². The van der Waals surface area contributed by atoms with Gasteiger partial charge in [0.25, 0.3) is 0 Å². The first-order chi connectivity index (χ1) is 9.15. The van der Waals surface area contributed by atoms with Crippen LogP contribution in [0.1, 0.15) is 31.7 Å². The summed E-state index contributed by atoms with van der Waals surface area (Å²) in [7, 11) is 0. The number of hydrogen-bond acceptors (Lipinski definition) is 2. The van der Waals surface area contributed by atoms with E-state index in [0.29, 0.717) is 6.54 Å². The Hall–Kier alpha value is -1.68. The molecule has 0 radical (unpaired) electrons. The molecule has 1 aromatic rings. The zero-order chi connectivity index (χ0) is 14.1. The van der Waals surface area contributed by atoms with Crippen molar-refractivity contribution in [1.29, 1.82) is 0 Å². The molecule has 0 spiro atoms. The summed E-state index contributed by atoms with van der Waals surface area (Å²) in [5, 5.41) is 2.86. The normalized spacial score (nSPS) is 12.6. The van der Waals surface area contributed by atoms with Crippen LogP contribution in [0.25, 0.3) is 6.08 Å². The molecule has 3 nitrogen and oxygen atoms in total. The van der Waals surface area contributed by atoms with Gasteiger partial charge in [0.2, 0.25) is 5.91 Å². The number of carbonyl (C=O) groups is 1. The van der Waals surface area contributed by atoms with E-state index in [1.807, 2.05) is 0 Å². The van der Waals surface area contributed by atoms with Gasteiger partial charge in [0.05, 0.1) is 0 Å². The molecule has 1 aromatic carbocycles. The van der Waals surface area contributed by atoms with Crippen molar-refractivity contribution >= 4 is 12.0 Å². The van der Waals surface area contributed by atoms with Gasteiger partial charge in [-0.2, -0.15) is 0 Å². The molecule has 0 aliphatic rings. The largest absolute Gasteiger partial charge is 0.349 e. The van der Waals surface area contributed by atoms with E-state index >= 15 is 0 Å². The van der Waals surface area contributed by atoms with E-state index in [-0.39, 0.29) is 17.8 Å². The van der Waals surface area contributed by atoms with Gasteiger partial charge in [-0.1, -0.05) is 31.9 Å². The molecule has 0 aromatic heterocycles. The van der Waals surface area contributed by atoms with Gasteiger partial charge in [-0.25, -0.2) is 4.39 Å². The van der Waals surface area contributed by atoms with Crippen molar-refractivity contribution in [3.05, 3.63) is 41.7 Å². The predicted octanol–water partition coefficient (Wildman–Crippen LogP) is 2.47. The predicted molar refractivity (Wildman–Crippen MR) is 75.9 cm³/mol. The molecule has 1 amide bonds. The van der Waals surface area contributed by atoms with E-state index in [1.54, 1.807) is 18.2 Å². The quantitative estimate of drug-likeness (QED) is 0.743. The molecule has 104 valence electrons. The van der Waals surface area contributed by atoms with E-state index in [9.17, 15) is 9.18 Å². The minimum absolute atomic E-state index is 0.0188. The Morgan fingerprint density at radius 2 is 2.11 bits per heavy atom. The molecule has 0 saturated heterocycles. The van der Waals surface area contributed by atoms with E-state index in [1.165, 1.54) is 18.2 Å². The maximum Gasteiger partial charge on any atom is 0.244 e. The molecule has 1 atom stereocenters. The molecule has 19 heavy (non-hydrogen) atoms. The summed E-state index contributed by atoms with van der Waals surface area (Å²) in [4.78, 5) is 11.7. The fraction of sp³-hybridized carbons (Fsp3) is 0.400. The molecule has 4 heteroatoms. The molecule has 0 aliphatic heterocycles. The Morgan fingerprint density at radius 3 is 2.68 bits per heavy atom. The van der Waals surface area contributed by atoms with E-state index < -0.39 is 0 Å². The number of hydrogen-bond donors (Lipinski definition) is 2. The van der Waals surface area contributed by atoms with Gasteiger partial charge in [-0.3, -0.25) is 4.79 Å². The summed E-state index contributed by atoms with van der Waals surface area (Å²) >= 11 is 0. The maximum atomic E-state index is 12.7. The van der Waals surface area contributed by atoms with Crippen molar-refractivity contribution in [3.63, 3.8) is 0 Å². The summed E-state index contributed by atoms with van der Waals surface area (Å²) < 4.78 is 12.7. The Labute approximate surface area is 113 Å². The molecule has 1 rings (SSSR count). The lowest BCUT2D eigenvalue weighted by molar-refractivity contribution is -0.117. The van der Waals surface area contributed by atoms with Gasteiger partial charge in [-0.05, 0) is 30.2 Å². The standard InChI is InChI=1S/C15H21FN2O/c1-2-3-4-14(11-17)18-15(19)10-7-12-5-8-13(16)9-6-12/h5-10,14H,2-4,11,17H2,1H3,(H,18,19)/b10-7+. The maximum absolute atomic E-state index is 12.7. The third-order valence-electron chi connectivity index (χ3n) is 2.83. The zero-order valence-corrected chi connectivity index (χ0v) is 11.2. The number of rotatable bonds is 7. The molecule has 0 saturated carbocycles. The van der Waals surface area contributed by atoms with Gasteiger partial charge < -0.3 is 11.1 Å². The Morgan fingerprint density at radius 1 is 1.42 bits per heavy atom. The van der Waals surface area contributed by atoms with Crippen LogP contribution in [0.15, 0.2) is 30.3 Å². The molecular weight excluding hydrogens is 243 g/mol. The smallest absolute Gasteiger partial charge is 0.244 e. The first-order valence-electron chi connectivity index (χ1n) is 6.60. The van der Waals surface area contributed by atoms with Gasteiger partial charge in [-0.15, -0.1) is 0 Å². The highest BCUT2D eigenvalue weighted by atomic mass is 19.1. The summed E-state index contributed by atoms with van der Waals surface area (Å²) in [6, 6.07) is 5.99. The average Bonchev–Trinajstić information content (AvgIpc) is 2.42. The number of benzene rings is 1. The monoisotopic (exact) mass is 264 g/mol. The highest BCUT2D eigenvalue weighted by molar-refractivity contribution is 5.91. The number of unbranched alkanes of at least 4 members (excludes halogenated alkanes) is 1. The highest BCUT2D eigenvalue weighted by Crippen LogP contribution is 2.05. The lowest BCUT2D eigenvalue weighted by atomic mass is 10.1. The second-order valence-electron chi connectivity index (χ2n) is 4.47.